The molecule has 1 amide bonds. The maximum atomic E-state index is 12.2. The minimum atomic E-state index is -0.163. The van der Waals surface area contributed by atoms with Crippen LogP contribution in [0.1, 0.15) is 10.4 Å². The van der Waals surface area contributed by atoms with Gasteiger partial charge in [-0.05, 0) is 36.4 Å². The fourth-order valence-electron chi connectivity index (χ4n) is 2.56. The molecule has 2 heterocycles. The van der Waals surface area contributed by atoms with E-state index >= 15 is 0 Å². The molecule has 4 rings (SSSR count). The molecular formula is C21H14ClN3OS. The van der Waals surface area contributed by atoms with Gasteiger partial charge in [-0.2, -0.15) is 0 Å². The van der Waals surface area contributed by atoms with E-state index in [2.05, 4.69) is 10.3 Å². The lowest BCUT2D eigenvalue weighted by molar-refractivity contribution is 0.102. The number of hydrogen-bond donors (Lipinski definition) is 1. The fraction of sp³-hybridized carbons (Fsp3) is 0. The number of halogens is 1. The minimum absolute atomic E-state index is 0.163. The van der Waals surface area contributed by atoms with Crippen LogP contribution in [0.3, 0.4) is 0 Å². The van der Waals surface area contributed by atoms with Crippen LogP contribution in [-0.4, -0.2) is 15.9 Å². The van der Waals surface area contributed by atoms with Crippen LogP contribution >= 0.6 is 22.9 Å². The Hall–Kier alpha value is -3.02. The summed E-state index contributed by atoms with van der Waals surface area (Å²) in [6.07, 6.45) is 3.19. The number of pyridine rings is 1. The molecule has 0 aliphatic carbocycles. The molecule has 0 bridgehead atoms. The molecule has 132 valence electrons. The summed E-state index contributed by atoms with van der Waals surface area (Å²) in [5.41, 5.74) is 4.23. The highest BCUT2D eigenvalue weighted by atomic mass is 35.5. The third-order valence-electron chi connectivity index (χ3n) is 3.98. The van der Waals surface area contributed by atoms with Gasteiger partial charge in [0, 0.05) is 45.2 Å². The first-order chi connectivity index (χ1) is 13.2. The SMILES string of the molecule is O=C(Nc1ccc(-c2csc(-c3ccc(Cl)cc3)n2)cc1)c1ccncc1. The van der Waals surface area contributed by atoms with Gasteiger partial charge in [-0.15, -0.1) is 11.3 Å². The van der Waals surface area contributed by atoms with E-state index in [4.69, 9.17) is 16.6 Å². The van der Waals surface area contributed by atoms with Crippen LogP contribution in [0.15, 0.2) is 78.4 Å². The molecule has 0 saturated carbocycles. The van der Waals surface area contributed by atoms with E-state index < -0.39 is 0 Å². The van der Waals surface area contributed by atoms with Crippen LogP contribution in [-0.2, 0) is 0 Å². The molecule has 0 aliphatic rings. The van der Waals surface area contributed by atoms with Crippen molar-refractivity contribution in [2.45, 2.75) is 0 Å². The van der Waals surface area contributed by atoms with E-state index in [-0.39, 0.29) is 5.91 Å². The van der Waals surface area contributed by atoms with Gasteiger partial charge in [-0.25, -0.2) is 4.98 Å². The quantitative estimate of drug-likeness (QED) is 0.480. The third kappa shape index (κ3) is 4.05. The van der Waals surface area contributed by atoms with Gasteiger partial charge in [0.25, 0.3) is 5.91 Å². The van der Waals surface area contributed by atoms with Crippen molar-refractivity contribution in [3.05, 3.63) is 89.0 Å². The molecule has 6 heteroatoms. The Labute approximate surface area is 165 Å². The number of hydrogen-bond acceptors (Lipinski definition) is 4. The molecule has 0 fully saturated rings. The second-order valence-electron chi connectivity index (χ2n) is 5.81. The average Bonchev–Trinajstić information content (AvgIpc) is 3.20. The fourth-order valence-corrected chi connectivity index (χ4v) is 3.52. The Morgan fingerprint density at radius 2 is 1.56 bits per heavy atom. The number of thiazole rings is 1. The number of carbonyl (C=O) groups excluding carboxylic acids is 1. The van der Waals surface area contributed by atoms with Gasteiger partial charge in [0.1, 0.15) is 5.01 Å². The van der Waals surface area contributed by atoms with Crippen molar-refractivity contribution in [3.63, 3.8) is 0 Å². The van der Waals surface area contributed by atoms with Crippen LogP contribution in [0.5, 0.6) is 0 Å². The number of amides is 1. The summed E-state index contributed by atoms with van der Waals surface area (Å²) in [4.78, 5) is 20.8. The predicted octanol–water partition coefficient (Wildman–Crippen LogP) is 5.78. The number of nitrogens with zero attached hydrogens (tertiary/aromatic N) is 2. The predicted molar refractivity (Wildman–Crippen MR) is 110 cm³/mol. The van der Waals surface area contributed by atoms with E-state index in [0.29, 0.717) is 10.6 Å². The molecule has 0 aliphatic heterocycles. The summed E-state index contributed by atoms with van der Waals surface area (Å²) in [6, 6.07) is 18.6. The first-order valence-electron chi connectivity index (χ1n) is 8.22. The lowest BCUT2D eigenvalue weighted by Gasteiger charge is -2.05. The smallest absolute Gasteiger partial charge is 0.255 e. The van der Waals surface area contributed by atoms with Crippen molar-refractivity contribution in [1.82, 2.24) is 9.97 Å². The monoisotopic (exact) mass is 391 g/mol. The van der Waals surface area contributed by atoms with Gasteiger partial charge in [-0.1, -0.05) is 35.9 Å². The largest absolute Gasteiger partial charge is 0.322 e. The first kappa shape index (κ1) is 17.4. The molecule has 1 N–H and O–H groups in total. The van der Waals surface area contributed by atoms with Gasteiger partial charge in [0.15, 0.2) is 0 Å². The van der Waals surface area contributed by atoms with Crippen molar-refractivity contribution in [2.75, 3.05) is 5.32 Å². The summed E-state index contributed by atoms with van der Waals surface area (Å²) < 4.78 is 0. The maximum absolute atomic E-state index is 12.2. The normalized spacial score (nSPS) is 10.6. The zero-order chi connectivity index (χ0) is 18.6. The molecular weight excluding hydrogens is 378 g/mol. The molecule has 0 radical (unpaired) electrons. The Bertz CT molecular complexity index is 1060. The van der Waals surface area contributed by atoms with E-state index in [1.54, 1.807) is 35.9 Å². The molecule has 2 aromatic carbocycles. The van der Waals surface area contributed by atoms with E-state index in [0.717, 1.165) is 27.5 Å². The molecule has 0 unspecified atom stereocenters. The molecule has 0 atom stereocenters. The number of anilines is 1. The van der Waals surface area contributed by atoms with E-state index in [9.17, 15) is 4.79 Å². The topological polar surface area (TPSA) is 54.9 Å². The summed E-state index contributed by atoms with van der Waals surface area (Å²) in [7, 11) is 0. The maximum Gasteiger partial charge on any atom is 0.255 e. The molecule has 4 aromatic rings. The number of benzene rings is 2. The molecule has 27 heavy (non-hydrogen) atoms. The third-order valence-corrected chi connectivity index (χ3v) is 5.12. The summed E-state index contributed by atoms with van der Waals surface area (Å²) in [6.45, 7) is 0. The van der Waals surface area contributed by atoms with Crippen LogP contribution in [0.2, 0.25) is 5.02 Å². The Kier molecular flexibility index (Phi) is 4.96. The zero-order valence-electron chi connectivity index (χ0n) is 14.1. The first-order valence-corrected chi connectivity index (χ1v) is 9.48. The van der Waals surface area contributed by atoms with Crippen molar-refractivity contribution >= 4 is 34.5 Å². The summed E-state index contributed by atoms with van der Waals surface area (Å²) in [5, 5.41) is 6.55. The molecule has 0 saturated heterocycles. The van der Waals surface area contributed by atoms with Crippen LogP contribution in [0.4, 0.5) is 5.69 Å². The highest BCUT2D eigenvalue weighted by Crippen LogP contribution is 2.30. The molecule has 2 aromatic heterocycles. The van der Waals surface area contributed by atoms with Gasteiger partial charge in [-0.3, -0.25) is 9.78 Å². The number of carbonyl (C=O) groups is 1. The zero-order valence-corrected chi connectivity index (χ0v) is 15.7. The highest BCUT2D eigenvalue weighted by Gasteiger charge is 2.08. The Balaban J connectivity index is 1.49. The minimum Gasteiger partial charge on any atom is -0.322 e. The molecule has 4 nitrogen and oxygen atoms in total. The Morgan fingerprint density at radius 1 is 0.889 bits per heavy atom. The summed E-state index contributed by atoms with van der Waals surface area (Å²) in [5.74, 6) is -0.163. The van der Waals surface area contributed by atoms with Gasteiger partial charge in [0.05, 0.1) is 5.69 Å². The van der Waals surface area contributed by atoms with Crippen LogP contribution in [0.25, 0.3) is 21.8 Å². The van der Waals surface area contributed by atoms with Crippen molar-refractivity contribution in [3.8, 4) is 21.8 Å². The summed E-state index contributed by atoms with van der Waals surface area (Å²) >= 11 is 7.53. The highest BCUT2D eigenvalue weighted by molar-refractivity contribution is 7.13. The number of aromatic nitrogens is 2. The second kappa shape index (κ2) is 7.70. The van der Waals surface area contributed by atoms with Crippen LogP contribution in [0, 0.1) is 0 Å². The Morgan fingerprint density at radius 3 is 2.26 bits per heavy atom. The standard InChI is InChI=1S/C21H14ClN3OS/c22-17-5-1-16(2-6-17)21-25-19(13-27-21)14-3-7-18(8-4-14)24-20(26)15-9-11-23-12-10-15/h1-13H,(H,24,26). The second-order valence-corrected chi connectivity index (χ2v) is 7.11. The number of nitrogens with one attached hydrogen (secondary N) is 1. The molecule has 0 spiro atoms. The van der Waals surface area contributed by atoms with Crippen molar-refractivity contribution in [2.24, 2.45) is 0 Å². The van der Waals surface area contributed by atoms with Crippen molar-refractivity contribution < 1.29 is 4.79 Å². The number of rotatable bonds is 4. The van der Waals surface area contributed by atoms with Gasteiger partial charge in [0.2, 0.25) is 0 Å². The van der Waals surface area contributed by atoms with E-state index in [1.807, 2.05) is 53.9 Å². The van der Waals surface area contributed by atoms with Gasteiger partial charge < -0.3 is 5.32 Å². The van der Waals surface area contributed by atoms with E-state index in [1.165, 1.54) is 0 Å². The van der Waals surface area contributed by atoms with Crippen molar-refractivity contribution in [1.29, 1.82) is 0 Å². The lowest BCUT2D eigenvalue weighted by Crippen LogP contribution is -2.11. The van der Waals surface area contributed by atoms with Crippen LogP contribution < -0.4 is 5.32 Å². The lowest BCUT2D eigenvalue weighted by atomic mass is 10.1. The van der Waals surface area contributed by atoms with Gasteiger partial charge >= 0.3 is 0 Å². The average molecular weight is 392 g/mol.